The number of rotatable bonds is 16. The number of aliphatic hydroxyl groups is 1. The molecule has 0 saturated heterocycles. The van der Waals surface area contributed by atoms with Gasteiger partial charge in [0.25, 0.3) is 5.91 Å². The highest BCUT2D eigenvalue weighted by molar-refractivity contribution is 7.91. The van der Waals surface area contributed by atoms with Gasteiger partial charge in [0.2, 0.25) is 5.90 Å². The summed E-state index contributed by atoms with van der Waals surface area (Å²) in [6, 6.07) is 22.1. The first kappa shape index (κ1) is 32.5. The van der Waals surface area contributed by atoms with Gasteiger partial charge in [-0.1, -0.05) is 54.5 Å². The van der Waals surface area contributed by atoms with E-state index in [1.165, 1.54) is 12.1 Å². The van der Waals surface area contributed by atoms with E-state index in [-0.39, 0.29) is 36.1 Å². The number of sulfone groups is 1. The van der Waals surface area contributed by atoms with Crippen molar-refractivity contribution in [3.8, 4) is 5.75 Å². The van der Waals surface area contributed by atoms with E-state index in [1.807, 2.05) is 6.92 Å². The predicted molar refractivity (Wildman–Crippen MR) is 166 cm³/mol. The fourth-order valence-electron chi connectivity index (χ4n) is 4.80. The molecule has 232 valence electrons. The van der Waals surface area contributed by atoms with Gasteiger partial charge in [-0.3, -0.25) is 10.2 Å². The maximum Gasteiger partial charge on any atom is 0.266 e. The standard InChI is InChI=1S/C31H36N6O6S/c1-2-18-33-36-30(39)31(17-21-44(40,41)26-10-4-3-5-11-26)28(27-12-7-6-9-24(27)22-34-37-32)43-29(35-31)23-13-15-25(16-14-23)42-20-8-19-38/h3-7,9-16,28,33,38H,2,8,17-22H2,1H3,(H,36,39)/t28-,31-/m0/s1. The summed E-state index contributed by atoms with van der Waals surface area (Å²) in [5.41, 5.74) is 14.6. The van der Waals surface area contributed by atoms with Crippen LogP contribution in [0.1, 0.15) is 49.0 Å². The minimum absolute atomic E-state index is 0.00413. The number of carbonyl (C=O) groups excluding carboxylic acids is 1. The van der Waals surface area contributed by atoms with E-state index in [1.54, 1.807) is 66.7 Å². The molecule has 0 unspecified atom stereocenters. The lowest BCUT2D eigenvalue weighted by Gasteiger charge is -2.31. The largest absolute Gasteiger partial charge is 0.494 e. The van der Waals surface area contributed by atoms with Gasteiger partial charge in [-0.15, -0.1) is 0 Å². The van der Waals surface area contributed by atoms with Crippen LogP contribution in [0.25, 0.3) is 10.4 Å². The molecule has 0 saturated carbocycles. The van der Waals surface area contributed by atoms with Gasteiger partial charge in [-0.05, 0) is 59.5 Å². The number of hydrogen-bond acceptors (Lipinski definition) is 9. The minimum Gasteiger partial charge on any atom is -0.494 e. The van der Waals surface area contributed by atoms with Crippen LogP contribution < -0.4 is 15.6 Å². The quantitative estimate of drug-likeness (QED) is 0.0699. The molecular formula is C31H36N6O6S. The Morgan fingerprint density at radius 1 is 1.11 bits per heavy atom. The molecule has 1 amide bonds. The molecular weight excluding hydrogens is 584 g/mol. The van der Waals surface area contributed by atoms with Crippen molar-refractivity contribution in [2.24, 2.45) is 10.1 Å². The van der Waals surface area contributed by atoms with Crippen molar-refractivity contribution in [1.82, 2.24) is 10.9 Å². The third kappa shape index (κ3) is 7.74. The van der Waals surface area contributed by atoms with E-state index < -0.39 is 27.4 Å². The Hall–Kier alpha value is -4.42. The number of nitrogens with one attached hydrogen (secondary N) is 2. The first-order chi connectivity index (χ1) is 21.3. The Labute approximate surface area is 256 Å². The van der Waals surface area contributed by atoms with Gasteiger partial charge in [-0.25, -0.2) is 18.8 Å². The topological polar surface area (TPSA) is 175 Å². The maximum atomic E-state index is 14.1. The molecule has 44 heavy (non-hydrogen) atoms. The molecule has 13 heteroatoms. The molecule has 0 spiro atoms. The number of hydrogen-bond donors (Lipinski definition) is 3. The van der Waals surface area contributed by atoms with Crippen LogP contribution in [-0.2, 0) is 25.9 Å². The van der Waals surface area contributed by atoms with Crippen LogP contribution in [0.2, 0.25) is 0 Å². The van der Waals surface area contributed by atoms with E-state index in [0.717, 1.165) is 6.42 Å². The highest BCUT2D eigenvalue weighted by Gasteiger charge is 2.54. The fourth-order valence-corrected chi connectivity index (χ4v) is 6.19. The summed E-state index contributed by atoms with van der Waals surface area (Å²) >= 11 is 0. The molecule has 1 heterocycles. The number of hydrazine groups is 1. The Morgan fingerprint density at radius 3 is 2.55 bits per heavy atom. The second kappa shape index (κ2) is 15.3. The molecule has 3 aromatic rings. The van der Waals surface area contributed by atoms with Crippen molar-refractivity contribution in [3.63, 3.8) is 0 Å². The lowest BCUT2D eigenvalue weighted by molar-refractivity contribution is -0.130. The van der Waals surface area contributed by atoms with Crippen molar-refractivity contribution < 1.29 is 27.8 Å². The molecule has 3 N–H and O–H groups in total. The second-order valence-electron chi connectivity index (χ2n) is 10.1. The zero-order valence-electron chi connectivity index (χ0n) is 24.4. The number of aliphatic imine (C=N–C) groups is 1. The Balaban J connectivity index is 1.80. The van der Waals surface area contributed by atoms with Crippen LogP contribution in [-0.4, -0.2) is 56.4 Å². The van der Waals surface area contributed by atoms with Crippen LogP contribution >= 0.6 is 0 Å². The van der Waals surface area contributed by atoms with E-state index in [9.17, 15) is 13.2 Å². The average molecular weight is 621 g/mol. The maximum absolute atomic E-state index is 14.1. The van der Waals surface area contributed by atoms with Crippen LogP contribution in [0, 0.1) is 0 Å². The van der Waals surface area contributed by atoms with E-state index >= 15 is 0 Å². The van der Waals surface area contributed by atoms with Crippen molar-refractivity contribution in [1.29, 1.82) is 0 Å². The molecule has 1 aliphatic heterocycles. The van der Waals surface area contributed by atoms with Crippen LogP contribution in [0.15, 0.2) is 93.9 Å². The number of benzene rings is 3. The molecule has 0 bridgehead atoms. The van der Waals surface area contributed by atoms with Gasteiger partial charge < -0.3 is 14.6 Å². The van der Waals surface area contributed by atoms with Crippen molar-refractivity contribution in [2.45, 2.75) is 49.3 Å². The Bertz CT molecular complexity index is 1590. The van der Waals surface area contributed by atoms with Gasteiger partial charge in [0.15, 0.2) is 21.5 Å². The zero-order chi connectivity index (χ0) is 31.4. The van der Waals surface area contributed by atoms with Crippen molar-refractivity contribution in [2.75, 3.05) is 25.5 Å². The lowest BCUT2D eigenvalue weighted by atomic mass is 9.83. The van der Waals surface area contributed by atoms with Crippen LogP contribution in [0.3, 0.4) is 0 Å². The summed E-state index contributed by atoms with van der Waals surface area (Å²) in [5.74, 6) is -0.209. The van der Waals surface area contributed by atoms with Crippen molar-refractivity contribution >= 4 is 21.6 Å². The summed E-state index contributed by atoms with van der Waals surface area (Å²) in [6.07, 6.45) is -0.0101. The first-order valence-electron chi connectivity index (χ1n) is 14.3. The number of carbonyl (C=O) groups is 1. The molecule has 12 nitrogen and oxygen atoms in total. The molecule has 0 radical (unpaired) electrons. The second-order valence-corrected chi connectivity index (χ2v) is 12.2. The van der Waals surface area contributed by atoms with Gasteiger partial charge >= 0.3 is 0 Å². The summed E-state index contributed by atoms with van der Waals surface area (Å²) in [5, 5.41) is 12.7. The SMILES string of the molecule is CCCNNC(=O)[C@@]1(CCS(=O)(=O)c2ccccc2)N=C(c2ccc(OCCCO)cc2)O[C@H]1c1ccccc1CN=[N+]=[N-]. The smallest absolute Gasteiger partial charge is 0.266 e. The van der Waals surface area contributed by atoms with E-state index in [2.05, 4.69) is 20.9 Å². The summed E-state index contributed by atoms with van der Waals surface area (Å²) in [7, 11) is -3.80. The summed E-state index contributed by atoms with van der Waals surface area (Å²) in [6.45, 7) is 2.79. The molecule has 0 fully saturated rings. The van der Waals surface area contributed by atoms with Gasteiger partial charge in [0.05, 0.1) is 23.8 Å². The van der Waals surface area contributed by atoms with Gasteiger partial charge in [0.1, 0.15) is 5.75 Å². The third-order valence-electron chi connectivity index (χ3n) is 7.10. The van der Waals surface area contributed by atoms with Crippen LogP contribution in [0.5, 0.6) is 5.75 Å². The first-order valence-corrected chi connectivity index (χ1v) is 16.0. The van der Waals surface area contributed by atoms with E-state index in [0.29, 0.717) is 42.0 Å². The average Bonchev–Trinajstić information content (AvgIpc) is 3.45. The predicted octanol–water partition coefficient (Wildman–Crippen LogP) is 4.41. The third-order valence-corrected chi connectivity index (χ3v) is 8.83. The minimum atomic E-state index is -3.80. The summed E-state index contributed by atoms with van der Waals surface area (Å²) < 4.78 is 39.0. The molecule has 2 atom stereocenters. The number of azide groups is 1. The molecule has 4 rings (SSSR count). The molecule has 0 aliphatic carbocycles. The number of ether oxygens (including phenoxy) is 2. The fraction of sp³-hybridized carbons (Fsp3) is 0.355. The number of aliphatic hydroxyl groups excluding tert-OH is 1. The number of nitrogens with zero attached hydrogens (tertiary/aromatic N) is 4. The van der Waals surface area contributed by atoms with Crippen molar-refractivity contribution in [3.05, 3.63) is 106 Å². The molecule has 0 aromatic heterocycles. The Kier molecular flexibility index (Phi) is 11.3. The van der Waals surface area contributed by atoms with E-state index in [4.69, 9.17) is 25.1 Å². The normalized spacial score (nSPS) is 17.7. The van der Waals surface area contributed by atoms with Gasteiger partial charge in [0, 0.05) is 36.5 Å². The molecule has 1 aliphatic rings. The number of amides is 1. The summed E-state index contributed by atoms with van der Waals surface area (Å²) in [4.78, 5) is 22.0. The van der Waals surface area contributed by atoms with Gasteiger partial charge in [-0.2, -0.15) is 0 Å². The van der Waals surface area contributed by atoms with Crippen LogP contribution in [0.4, 0.5) is 0 Å². The highest BCUT2D eigenvalue weighted by atomic mass is 32.2. The lowest BCUT2D eigenvalue weighted by Crippen LogP contribution is -2.53. The Morgan fingerprint density at radius 2 is 1.84 bits per heavy atom. The highest BCUT2D eigenvalue weighted by Crippen LogP contribution is 2.44. The molecule has 3 aromatic carbocycles. The monoisotopic (exact) mass is 620 g/mol. The zero-order valence-corrected chi connectivity index (χ0v) is 25.2.